The first kappa shape index (κ1) is 16.5. The van der Waals surface area contributed by atoms with Gasteiger partial charge in [-0.1, -0.05) is 0 Å². The van der Waals surface area contributed by atoms with Gasteiger partial charge in [0, 0.05) is 22.5 Å². The second kappa shape index (κ2) is 6.12. The van der Waals surface area contributed by atoms with Crippen LogP contribution in [0, 0.1) is 13.8 Å². The highest BCUT2D eigenvalue weighted by atomic mass is 32.1. The smallest absolute Gasteiger partial charge is 0.350 e. The molecule has 0 fully saturated rings. The van der Waals surface area contributed by atoms with E-state index in [1.54, 1.807) is 11.3 Å². The third-order valence-electron chi connectivity index (χ3n) is 3.27. The lowest BCUT2D eigenvalue weighted by atomic mass is 10.2. The molecule has 120 valence electrons. The fourth-order valence-electron chi connectivity index (χ4n) is 2.01. The van der Waals surface area contributed by atoms with Crippen LogP contribution < -0.4 is 5.32 Å². The largest absolute Gasteiger partial charge is 0.435 e. The number of rotatable bonds is 4. The summed E-state index contributed by atoms with van der Waals surface area (Å²) in [5, 5.41) is 6.14. The molecule has 0 bridgehead atoms. The minimum Gasteiger partial charge on any atom is -0.350 e. The van der Waals surface area contributed by atoms with Crippen LogP contribution in [0.25, 0.3) is 0 Å². The number of thiophene rings is 1. The third-order valence-corrected chi connectivity index (χ3v) is 4.28. The zero-order valence-electron chi connectivity index (χ0n) is 12.4. The van der Waals surface area contributed by atoms with E-state index in [1.807, 2.05) is 19.9 Å². The van der Waals surface area contributed by atoms with E-state index in [1.165, 1.54) is 6.92 Å². The first-order valence-corrected chi connectivity index (χ1v) is 7.46. The summed E-state index contributed by atoms with van der Waals surface area (Å²) in [5.41, 5.74) is 0.0101. The number of carbonyl (C=O) groups excluding carboxylic acids is 1. The third kappa shape index (κ3) is 3.68. The van der Waals surface area contributed by atoms with Gasteiger partial charge in [-0.2, -0.15) is 18.3 Å². The quantitative estimate of drug-likeness (QED) is 0.933. The van der Waals surface area contributed by atoms with Gasteiger partial charge in [0.25, 0.3) is 0 Å². The van der Waals surface area contributed by atoms with Crippen LogP contribution in [0.15, 0.2) is 18.3 Å². The summed E-state index contributed by atoms with van der Waals surface area (Å²) >= 11 is 1.64. The van der Waals surface area contributed by atoms with Gasteiger partial charge in [0.05, 0.1) is 0 Å². The monoisotopic (exact) mass is 331 g/mol. The molecule has 2 heterocycles. The van der Waals surface area contributed by atoms with Gasteiger partial charge in [0.15, 0.2) is 5.69 Å². The van der Waals surface area contributed by atoms with Crippen LogP contribution in [-0.2, 0) is 17.5 Å². The molecule has 0 aliphatic heterocycles. The van der Waals surface area contributed by atoms with Crippen LogP contribution in [0.1, 0.15) is 34.0 Å². The number of aromatic nitrogens is 2. The number of carbonyl (C=O) groups is 1. The lowest BCUT2D eigenvalue weighted by Gasteiger charge is -2.13. The molecule has 0 saturated heterocycles. The molecule has 0 saturated carbocycles. The predicted octanol–water partition coefficient (Wildman–Crippen LogP) is 3.46. The topological polar surface area (TPSA) is 46.9 Å². The minimum absolute atomic E-state index is 0.354. The Labute approximate surface area is 129 Å². The summed E-state index contributed by atoms with van der Waals surface area (Å²) in [6, 6.07) is 2.03. The highest BCUT2D eigenvalue weighted by Crippen LogP contribution is 2.27. The maximum Gasteiger partial charge on any atom is 0.435 e. The standard InChI is InChI=1S/C14H16F3N3OS/c1-8-6-11(10(3)22-8)7-18-13(21)9(2)20-5-4-12(19-20)14(15,16)17/h4-6,9H,7H2,1-3H3,(H,18,21). The van der Waals surface area contributed by atoms with Crippen LogP contribution in [0.3, 0.4) is 0 Å². The fraction of sp³-hybridized carbons (Fsp3) is 0.429. The molecular formula is C14H16F3N3OS. The molecule has 1 amide bonds. The molecule has 2 aromatic heterocycles. The Bertz CT molecular complexity index is 675. The Morgan fingerprint density at radius 1 is 1.45 bits per heavy atom. The summed E-state index contributed by atoms with van der Waals surface area (Å²) in [6.45, 7) is 5.81. The average Bonchev–Trinajstić information content (AvgIpc) is 3.01. The minimum atomic E-state index is -4.51. The van der Waals surface area contributed by atoms with Crippen molar-refractivity contribution in [1.82, 2.24) is 15.1 Å². The summed E-state index contributed by atoms with van der Waals surface area (Å²) in [7, 11) is 0. The van der Waals surface area contributed by atoms with Crippen LogP contribution in [0.4, 0.5) is 13.2 Å². The van der Waals surface area contributed by atoms with Gasteiger partial charge in [0.1, 0.15) is 6.04 Å². The number of hydrogen-bond donors (Lipinski definition) is 1. The number of alkyl halides is 3. The predicted molar refractivity (Wildman–Crippen MR) is 77.6 cm³/mol. The molecule has 22 heavy (non-hydrogen) atoms. The Hall–Kier alpha value is -1.83. The highest BCUT2D eigenvalue weighted by molar-refractivity contribution is 7.12. The molecule has 1 atom stereocenters. The molecule has 1 N–H and O–H groups in total. The van der Waals surface area contributed by atoms with Crippen molar-refractivity contribution in [3.8, 4) is 0 Å². The number of hydrogen-bond acceptors (Lipinski definition) is 3. The zero-order valence-corrected chi connectivity index (χ0v) is 13.2. The molecule has 2 aromatic rings. The second-order valence-corrected chi connectivity index (χ2v) is 6.47. The van der Waals surface area contributed by atoms with Crippen molar-refractivity contribution < 1.29 is 18.0 Å². The molecule has 0 aliphatic carbocycles. The molecular weight excluding hydrogens is 315 g/mol. The van der Waals surface area contributed by atoms with Crippen molar-refractivity contribution in [2.24, 2.45) is 0 Å². The lowest BCUT2D eigenvalue weighted by Crippen LogP contribution is -2.31. The van der Waals surface area contributed by atoms with E-state index in [9.17, 15) is 18.0 Å². The van der Waals surface area contributed by atoms with Gasteiger partial charge in [-0.3, -0.25) is 9.48 Å². The van der Waals surface area contributed by atoms with E-state index in [-0.39, 0.29) is 5.91 Å². The molecule has 0 aliphatic rings. The van der Waals surface area contributed by atoms with Crippen molar-refractivity contribution in [2.45, 2.75) is 39.5 Å². The summed E-state index contributed by atoms with van der Waals surface area (Å²) in [6.07, 6.45) is -3.35. The normalized spacial score (nSPS) is 13.2. The van der Waals surface area contributed by atoms with Crippen molar-refractivity contribution in [2.75, 3.05) is 0 Å². The number of halogens is 3. The van der Waals surface area contributed by atoms with Gasteiger partial charge in [0.2, 0.25) is 5.91 Å². The number of aryl methyl sites for hydroxylation is 2. The number of amides is 1. The summed E-state index contributed by atoms with van der Waals surface area (Å²) < 4.78 is 38.5. The van der Waals surface area contributed by atoms with E-state index in [0.29, 0.717) is 6.54 Å². The maximum absolute atomic E-state index is 12.5. The van der Waals surface area contributed by atoms with Crippen molar-refractivity contribution in [1.29, 1.82) is 0 Å². The Morgan fingerprint density at radius 2 is 2.14 bits per heavy atom. The molecule has 1 unspecified atom stereocenters. The van der Waals surface area contributed by atoms with Gasteiger partial charge in [-0.05, 0) is 38.5 Å². The number of nitrogens with zero attached hydrogens (tertiary/aromatic N) is 2. The Balaban J connectivity index is 2.00. The van der Waals surface area contributed by atoms with Crippen molar-refractivity contribution >= 4 is 17.2 Å². The SMILES string of the molecule is Cc1cc(CNC(=O)C(C)n2ccc(C(F)(F)F)n2)c(C)s1. The van der Waals surface area contributed by atoms with Crippen LogP contribution >= 0.6 is 11.3 Å². The zero-order chi connectivity index (χ0) is 16.5. The van der Waals surface area contributed by atoms with Gasteiger partial charge < -0.3 is 5.32 Å². The van der Waals surface area contributed by atoms with E-state index in [0.717, 1.165) is 32.3 Å². The molecule has 8 heteroatoms. The summed E-state index contributed by atoms with van der Waals surface area (Å²) in [5.74, 6) is -0.375. The maximum atomic E-state index is 12.5. The first-order chi connectivity index (χ1) is 10.2. The van der Waals surface area contributed by atoms with Crippen LogP contribution in [0.5, 0.6) is 0 Å². The first-order valence-electron chi connectivity index (χ1n) is 6.64. The second-order valence-electron chi connectivity index (χ2n) is 5.01. The summed E-state index contributed by atoms with van der Waals surface area (Å²) in [4.78, 5) is 14.3. The lowest BCUT2D eigenvalue weighted by molar-refractivity contribution is -0.142. The fourth-order valence-corrected chi connectivity index (χ4v) is 2.96. The molecule has 0 radical (unpaired) electrons. The number of nitrogens with one attached hydrogen (secondary N) is 1. The van der Waals surface area contributed by atoms with Crippen molar-refractivity contribution in [3.63, 3.8) is 0 Å². The van der Waals surface area contributed by atoms with E-state index in [4.69, 9.17) is 0 Å². The Morgan fingerprint density at radius 3 is 2.64 bits per heavy atom. The van der Waals surface area contributed by atoms with E-state index >= 15 is 0 Å². The van der Waals surface area contributed by atoms with Crippen molar-refractivity contribution in [3.05, 3.63) is 39.3 Å². The van der Waals surface area contributed by atoms with Gasteiger partial charge in [-0.25, -0.2) is 0 Å². The molecule has 2 rings (SSSR count). The van der Waals surface area contributed by atoms with Gasteiger partial charge >= 0.3 is 6.18 Å². The molecule has 0 spiro atoms. The molecule has 0 aromatic carbocycles. The van der Waals surface area contributed by atoms with Crippen LogP contribution in [-0.4, -0.2) is 15.7 Å². The van der Waals surface area contributed by atoms with E-state index < -0.39 is 17.9 Å². The average molecular weight is 331 g/mol. The highest BCUT2D eigenvalue weighted by Gasteiger charge is 2.34. The Kier molecular flexibility index (Phi) is 4.60. The van der Waals surface area contributed by atoms with Crippen LogP contribution in [0.2, 0.25) is 0 Å². The van der Waals surface area contributed by atoms with Gasteiger partial charge in [-0.15, -0.1) is 11.3 Å². The molecule has 4 nitrogen and oxygen atoms in total. The van der Waals surface area contributed by atoms with E-state index in [2.05, 4.69) is 10.4 Å².